The van der Waals surface area contributed by atoms with Crippen LogP contribution in [0.15, 0.2) is 119 Å². The number of rotatable bonds is 15. The number of pyridine rings is 1. The van der Waals surface area contributed by atoms with E-state index < -0.39 is 59.0 Å². The van der Waals surface area contributed by atoms with Crippen molar-refractivity contribution >= 4 is 65.9 Å². The molecule has 15 nitrogen and oxygen atoms in total. The molecular weight excluding hydrogens is 901 g/mol. The van der Waals surface area contributed by atoms with Crippen LogP contribution in [0.5, 0.6) is 11.5 Å². The van der Waals surface area contributed by atoms with Crippen molar-refractivity contribution < 1.29 is 54.5 Å². The minimum Gasteiger partial charge on any atom is -0.465 e. The van der Waals surface area contributed by atoms with Crippen LogP contribution in [0, 0.1) is 5.92 Å². The molecule has 1 unspecified atom stereocenters. The van der Waals surface area contributed by atoms with Crippen LogP contribution in [-0.2, 0) is 19.9 Å². The van der Waals surface area contributed by atoms with Gasteiger partial charge in [0.05, 0.1) is 28.4 Å². The van der Waals surface area contributed by atoms with Crippen LogP contribution >= 0.6 is 11.6 Å². The molecule has 6 aromatic rings. The number of H-pyrrole nitrogens is 1. The van der Waals surface area contributed by atoms with E-state index in [1.165, 1.54) is 18.3 Å². The third-order valence-electron chi connectivity index (χ3n) is 10.6. The summed E-state index contributed by atoms with van der Waals surface area (Å²) in [5.74, 6) is -1.26. The fraction of sp³-hybridized carbons (Fsp3) is 0.233. The number of nitrogens with zero attached hydrogens (tertiary/aromatic N) is 2. The fourth-order valence-electron chi connectivity index (χ4n) is 7.36. The molecule has 0 saturated carbocycles. The molecule has 0 bridgehead atoms. The number of anilines is 2. The third-order valence-corrected chi connectivity index (χ3v) is 13.7. The average Bonchev–Trinajstić information content (AvgIpc) is 3.74. The summed E-state index contributed by atoms with van der Waals surface area (Å²) in [5.41, 5.74) is -2.98. The van der Waals surface area contributed by atoms with Crippen LogP contribution in [0.2, 0.25) is 5.02 Å². The number of hydrogen-bond donors (Lipinski definition) is 6. The van der Waals surface area contributed by atoms with Gasteiger partial charge in [-0.2, -0.15) is 13.2 Å². The molecule has 0 aliphatic carbocycles. The highest BCUT2D eigenvalue weighted by atomic mass is 35.5. The smallest absolute Gasteiger partial charge is 0.465 e. The summed E-state index contributed by atoms with van der Waals surface area (Å²) >= 11 is 6.11. The Morgan fingerprint density at radius 2 is 1.67 bits per heavy atom. The summed E-state index contributed by atoms with van der Waals surface area (Å²) in [5, 5.41) is 26.2. The first-order chi connectivity index (χ1) is 30.4. The number of carbonyl (C=O) groups excluding carboxylic acids is 1. The van der Waals surface area contributed by atoms with Gasteiger partial charge in [0.15, 0.2) is 0 Å². The molecular formula is C43H40ClF3N6O9S2. The van der Waals surface area contributed by atoms with Crippen molar-refractivity contribution in [1.29, 1.82) is 0 Å². The van der Waals surface area contributed by atoms with Crippen LogP contribution in [0.3, 0.4) is 0 Å². The second kappa shape index (κ2) is 18.8. The van der Waals surface area contributed by atoms with Crippen molar-refractivity contribution in [1.82, 2.24) is 20.0 Å². The number of carboxylic acid groups (broad SMARTS) is 1. The van der Waals surface area contributed by atoms with E-state index in [-0.39, 0.29) is 48.6 Å². The molecule has 336 valence electrons. The molecule has 7 rings (SSSR count). The maximum absolute atomic E-state index is 13.9. The zero-order chi connectivity index (χ0) is 45.8. The summed E-state index contributed by atoms with van der Waals surface area (Å²) in [6.07, 6.45) is 2.14. The maximum atomic E-state index is 13.9. The molecule has 1 aliphatic rings. The summed E-state index contributed by atoms with van der Waals surface area (Å²) in [6, 6.07) is 24.7. The van der Waals surface area contributed by atoms with E-state index in [9.17, 15) is 44.7 Å². The number of amides is 2. The van der Waals surface area contributed by atoms with Crippen molar-refractivity contribution in [3.63, 3.8) is 0 Å². The minimum atomic E-state index is -6.13. The molecule has 6 N–H and O–H groups in total. The highest BCUT2D eigenvalue weighted by Gasteiger charge is 2.48. The third kappa shape index (κ3) is 10.2. The second-order valence-electron chi connectivity index (χ2n) is 14.8. The number of nitrogens with one attached hydrogen (secondary N) is 4. The van der Waals surface area contributed by atoms with Crippen LogP contribution in [0.4, 0.5) is 29.3 Å². The topological polar surface area (TPSA) is 220 Å². The number of aromatic amines is 1. The van der Waals surface area contributed by atoms with Gasteiger partial charge in [-0.05, 0) is 96.5 Å². The minimum absolute atomic E-state index is 0.0362. The predicted octanol–water partition coefficient (Wildman–Crippen LogP) is 8.11. The van der Waals surface area contributed by atoms with Crippen LogP contribution in [0.1, 0.15) is 41.3 Å². The molecule has 1 saturated heterocycles. The van der Waals surface area contributed by atoms with E-state index >= 15 is 0 Å². The Bertz CT molecular complexity index is 2910. The van der Waals surface area contributed by atoms with E-state index in [1.807, 2.05) is 46.0 Å². The molecule has 3 heterocycles. The van der Waals surface area contributed by atoms with Crippen molar-refractivity contribution in [2.75, 3.05) is 36.4 Å². The molecule has 2 aromatic heterocycles. The van der Waals surface area contributed by atoms with Gasteiger partial charge >= 0.3 is 11.6 Å². The molecule has 0 radical (unpaired) electrons. The number of sulfonamides is 1. The Morgan fingerprint density at radius 3 is 2.39 bits per heavy atom. The summed E-state index contributed by atoms with van der Waals surface area (Å²) in [6.45, 7) is 0.688. The maximum Gasteiger partial charge on any atom is 0.501 e. The first-order valence-corrected chi connectivity index (χ1v) is 23.0. The summed E-state index contributed by atoms with van der Waals surface area (Å²) < 4.78 is 102. The monoisotopic (exact) mass is 940 g/mol. The average molecular weight is 941 g/mol. The molecule has 4 aromatic carbocycles. The zero-order valence-electron chi connectivity index (χ0n) is 33.5. The first-order valence-electron chi connectivity index (χ1n) is 19.7. The normalized spacial score (nSPS) is 14.2. The number of aliphatic hydroxyl groups excluding tert-OH is 1. The Kier molecular flexibility index (Phi) is 13.4. The number of sulfone groups is 1. The fourth-order valence-corrected chi connectivity index (χ4v) is 9.52. The van der Waals surface area contributed by atoms with Gasteiger partial charge in [-0.15, -0.1) is 0 Å². The number of carbonyl (C=O) groups is 2. The van der Waals surface area contributed by atoms with E-state index in [2.05, 4.69) is 20.6 Å². The number of alkyl halides is 3. The molecule has 64 heavy (non-hydrogen) atoms. The van der Waals surface area contributed by atoms with Gasteiger partial charge in [0.25, 0.3) is 25.8 Å². The van der Waals surface area contributed by atoms with E-state index in [0.717, 1.165) is 28.8 Å². The highest BCUT2D eigenvalue weighted by Crippen LogP contribution is 2.40. The summed E-state index contributed by atoms with van der Waals surface area (Å²) in [7, 11) is -11.2. The van der Waals surface area contributed by atoms with Crippen LogP contribution in [0.25, 0.3) is 22.2 Å². The van der Waals surface area contributed by atoms with Gasteiger partial charge in [0, 0.05) is 54.5 Å². The standard InChI is InChI=1S/C43H40ClF3N6O9S2/c44-29-8-6-26(7-9-29)33-4-1-2-5-34(33)39(54)27-15-20-53(21-16-27)30-10-12-35(37(23-30)62-31-22-28-14-19-49-40(28)51-25-31)41(55)52-64(60,61)32-11-13-36(48-17-3-18-50-42(56)57)38(24-32)63(58,59)43(45,46)47/h1-2,4-14,19,22-25,27,39,48,50,54H,3,15-18,20-21H2,(H,49,51)(H,52,55)(H,56,57). The molecule has 1 fully saturated rings. The number of aliphatic hydroxyl groups is 1. The second-order valence-corrected chi connectivity index (χ2v) is 18.8. The number of piperidine rings is 1. The van der Waals surface area contributed by atoms with Crippen molar-refractivity contribution in [3.8, 4) is 22.6 Å². The molecule has 21 heteroatoms. The first kappa shape index (κ1) is 45.7. The Balaban J connectivity index is 1.13. The number of aromatic nitrogens is 2. The molecule has 1 atom stereocenters. The van der Waals surface area contributed by atoms with Gasteiger partial charge in [0.2, 0.25) is 0 Å². The highest BCUT2D eigenvalue weighted by molar-refractivity contribution is 7.92. The Hall–Kier alpha value is -6.35. The lowest BCUT2D eigenvalue weighted by Crippen LogP contribution is -2.36. The van der Waals surface area contributed by atoms with E-state index in [0.29, 0.717) is 47.7 Å². The largest absolute Gasteiger partial charge is 0.501 e. The lowest BCUT2D eigenvalue weighted by molar-refractivity contribution is -0.0435. The zero-order valence-corrected chi connectivity index (χ0v) is 35.9. The van der Waals surface area contributed by atoms with Gasteiger partial charge in [-0.1, -0.05) is 48.0 Å². The van der Waals surface area contributed by atoms with E-state index in [4.69, 9.17) is 21.4 Å². The molecule has 0 spiro atoms. The Morgan fingerprint density at radius 1 is 0.938 bits per heavy atom. The lowest BCUT2D eigenvalue weighted by Gasteiger charge is -2.36. The van der Waals surface area contributed by atoms with E-state index in [1.54, 1.807) is 36.5 Å². The van der Waals surface area contributed by atoms with Crippen LogP contribution in [-0.4, -0.2) is 80.7 Å². The number of ether oxygens (including phenoxy) is 1. The Labute approximate surface area is 370 Å². The molecule has 1 aliphatic heterocycles. The number of benzene rings is 4. The van der Waals surface area contributed by atoms with Crippen molar-refractivity contribution in [3.05, 3.63) is 126 Å². The quantitative estimate of drug-likeness (QED) is 0.0538. The lowest BCUT2D eigenvalue weighted by atomic mass is 9.84. The van der Waals surface area contributed by atoms with Gasteiger partial charge in [-0.25, -0.2) is 31.3 Å². The predicted molar refractivity (Wildman–Crippen MR) is 233 cm³/mol. The summed E-state index contributed by atoms with van der Waals surface area (Å²) in [4.78, 5) is 31.5. The van der Waals surface area contributed by atoms with Crippen molar-refractivity contribution in [2.45, 2.75) is 40.7 Å². The molecule has 2 amide bonds. The number of halogens is 4. The van der Waals surface area contributed by atoms with Gasteiger partial charge < -0.3 is 35.5 Å². The van der Waals surface area contributed by atoms with Crippen LogP contribution < -0.4 is 25.0 Å². The van der Waals surface area contributed by atoms with Gasteiger partial charge in [-0.3, -0.25) is 4.79 Å². The number of hydrogen-bond acceptors (Lipinski definition) is 11. The number of fused-ring (bicyclic) bond motifs is 1. The van der Waals surface area contributed by atoms with Gasteiger partial charge in [0.1, 0.15) is 22.0 Å². The SMILES string of the molecule is O=C(O)NCCCNc1ccc(S(=O)(=O)NC(=O)c2ccc(N3CCC(C(O)c4ccccc4-c4ccc(Cl)cc4)CC3)cc2Oc2cnc3[nH]ccc3c2)cc1S(=O)(=O)C(F)(F)F. The van der Waals surface area contributed by atoms with Crippen molar-refractivity contribution in [2.24, 2.45) is 5.92 Å².